The Bertz CT molecular complexity index is 1180. The minimum atomic E-state index is -0.577. The number of benzene rings is 1. The molecule has 152 valence electrons. The molecule has 1 aromatic carbocycles. The van der Waals surface area contributed by atoms with Gasteiger partial charge in [-0.2, -0.15) is 0 Å². The molecule has 7 heteroatoms. The van der Waals surface area contributed by atoms with Gasteiger partial charge in [-0.25, -0.2) is 9.59 Å². The second-order valence-electron chi connectivity index (χ2n) is 6.25. The lowest BCUT2D eigenvalue weighted by atomic mass is 10.1. The Morgan fingerprint density at radius 1 is 1.00 bits per heavy atom. The third-order valence-electron chi connectivity index (χ3n) is 4.34. The molecule has 4 rings (SSSR count). The summed E-state index contributed by atoms with van der Waals surface area (Å²) in [5.74, 6) is -0.982. The summed E-state index contributed by atoms with van der Waals surface area (Å²) < 4.78 is 16.4. The monoisotopic (exact) mass is 438 g/mol. The second-order valence-corrected chi connectivity index (χ2v) is 8.18. The topological polar surface area (TPSA) is 65.7 Å². The zero-order chi connectivity index (χ0) is 20.9. The largest absolute Gasteiger partial charge is 0.460 e. The molecule has 0 aliphatic heterocycles. The lowest BCUT2D eigenvalue weighted by molar-refractivity contribution is -0.137. The Morgan fingerprint density at radius 2 is 1.80 bits per heavy atom. The predicted octanol–water partition coefficient (Wildman–Crippen LogP) is 6.02. The van der Waals surface area contributed by atoms with E-state index in [1.807, 2.05) is 59.3 Å². The SMILES string of the molecule is CCOC(=O)c1oc2ccccc2c1COC(=O)/C(=C/c1cccs1)c1cccs1. The van der Waals surface area contributed by atoms with Crippen LogP contribution in [0.2, 0.25) is 0 Å². The molecular weight excluding hydrogens is 420 g/mol. The summed E-state index contributed by atoms with van der Waals surface area (Å²) in [6, 6.07) is 14.9. The number of esters is 2. The van der Waals surface area contributed by atoms with E-state index in [1.54, 1.807) is 13.0 Å². The highest BCUT2D eigenvalue weighted by atomic mass is 32.1. The van der Waals surface area contributed by atoms with E-state index in [0.29, 0.717) is 22.1 Å². The summed E-state index contributed by atoms with van der Waals surface area (Å²) in [6.45, 7) is 1.85. The molecule has 0 saturated carbocycles. The standard InChI is InChI=1S/C23H18O5S2/c1-2-26-23(25)21-18(16-8-3-4-9-19(16)28-21)14-27-22(24)17(20-10-6-12-30-20)13-15-7-5-11-29-15/h3-13H,2,14H2,1H3/b17-13+. The average molecular weight is 439 g/mol. The molecule has 0 unspecified atom stereocenters. The van der Waals surface area contributed by atoms with Gasteiger partial charge in [0, 0.05) is 15.1 Å². The summed E-state index contributed by atoms with van der Waals surface area (Å²) in [5.41, 5.74) is 1.51. The molecule has 0 N–H and O–H groups in total. The molecule has 3 aromatic heterocycles. The Kier molecular flexibility index (Phi) is 6.11. The fraction of sp³-hybridized carbons (Fsp3) is 0.130. The molecule has 5 nitrogen and oxygen atoms in total. The maximum Gasteiger partial charge on any atom is 0.374 e. The van der Waals surface area contributed by atoms with Crippen molar-refractivity contribution >= 4 is 57.2 Å². The van der Waals surface area contributed by atoms with Gasteiger partial charge in [0.05, 0.1) is 17.7 Å². The molecule has 3 heterocycles. The predicted molar refractivity (Wildman–Crippen MR) is 118 cm³/mol. The van der Waals surface area contributed by atoms with Crippen LogP contribution in [0.4, 0.5) is 0 Å². The smallest absolute Gasteiger partial charge is 0.374 e. The van der Waals surface area contributed by atoms with Crippen LogP contribution in [0, 0.1) is 0 Å². The van der Waals surface area contributed by atoms with Crippen molar-refractivity contribution in [1.29, 1.82) is 0 Å². The summed E-state index contributed by atoms with van der Waals surface area (Å²) in [4.78, 5) is 27.1. The van der Waals surface area contributed by atoms with E-state index in [9.17, 15) is 9.59 Å². The number of furan rings is 1. The fourth-order valence-electron chi connectivity index (χ4n) is 3.00. The third-order valence-corrected chi connectivity index (χ3v) is 6.07. The first-order chi connectivity index (χ1) is 14.7. The molecule has 0 bridgehead atoms. The van der Waals surface area contributed by atoms with Gasteiger partial charge in [0.2, 0.25) is 5.76 Å². The summed E-state index contributed by atoms with van der Waals surface area (Å²) in [6.07, 6.45) is 1.82. The Hall–Kier alpha value is -3.16. The zero-order valence-electron chi connectivity index (χ0n) is 16.1. The minimum Gasteiger partial charge on any atom is -0.460 e. The van der Waals surface area contributed by atoms with E-state index in [4.69, 9.17) is 13.9 Å². The highest BCUT2D eigenvalue weighted by Gasteiger charge is 2.24. The van der Waals surface area contributed by atoms with Crippen LogP contribution in [0.3, 0.4) is 0 Å². The van der Waals surface area contributed by atoms with Crippen LogP contribution in [0.25, 0.3) is 22.6 Å². The summed E-state index contributed by atoms with van der Waals surface area (Å²) >= 11 is 3.00. The van der Waals surface area contributed by atoms with E-state index in [0.717, 1.165) is 9.75 Å². The molecule has 0 radical (unpaired) electrons. The van der Waals surface area contributed by atoms with Crippen LogP contribution in [0.5, 0.6) is 0 Å². The Labute approximate surface area is 181 Å². The number of carbonyl (C=O) groups excluding carboxylic acids is 2. The van der Waals surface area contributed by atoms with Crippen molar-refractivity contribution in [2.75, 3.05) is 6.61 Å². The van der Waals surface area contributed by atoms with Crippen LogP contribution < -0.4 is 0 Å². The number of thiophene rings is 2. The lowest BCUT2D eigenvalue weighted by Gasteiger charge is -2.08. The van der Waals surface area contributed by atoms with Crippen LogP contribution in [0.1, 0.15) is 32.8 Å². The number of carbonyl (C=O) groups is 2. The van der Waals surface area contributed by atoms with Gasteiger partial charge in [0.1, 0.15) is 12.2 Å². The van der Waals surface area contributed by atoms with E-state index in [1.165, 1.54) is 22.7 Å². The average Bonchev–Trinajstić information content (AvgIpc) is 3.51. The van der Waals surface area contributed by atoms with E-state index in [2.05, 4.69) is 0 Å². The molecular formula is C23H18O5S2. The summed E-state index contributed by atoms with van der Waals surface area (Å²) in [7, 11) is 0. The first kappa shape index (κ1) is 20.1. The number of ether oxygens (including phenoxy) is 2. The van der Waals surface area contributed by atoms with Crippen molar-refractivity contribution < 1.29 is 23.5 Å². The molecule has 0 aliphatic rings. The molecule has 0 atom stereocenters. The Balaban J connectivity index is 1.63. The summed E-state index contributed by atoms with van der Waals surface area (Å²) in [5, 5.41) is 4.58. The van der Waals surface area contributed by atoms with E-state index >= 15 is 0 Å². The number of para-hydroxylation sites is 1. The fourth-order valence-corrected chi connectivity index (χ4v) is 4.38. The van der Waals surface area contributed by atoms with Gasteiger partial charge in [-0.3, -0.25) is 0 Å². The van der Waals surface area contributed by atoms with Crippen LogP contribution in [0.15, 0.2) is 63.7 Å². The number of hydrogen-bond acceptors (Lipinski definition) is 7. The van der Waals surface area contributed by atoms with Crippen molar-refractivity contribution in [2.45, 2.75) is 13.5 Å². The lowest BCUT2D eigenvalue weighted by Crippen LogP contribution is -2.10. The van der Waals surface area contributed by atoms with Gasteiger partial charge in [-0.1, -0.05) is 30.3 Å². The van der Waals surface area contributed by atoms with Crippen LogP contribution in [-0.4, -0.2) is 18.5 Å². The molecule has 30 heavy (non-hydrogen) atoms. The van der Waals surface area contributed by atoms with Crippen LogP contribution in [-0.2, 0) is 20.9 Å². The van der Waals surface area contributed by atoms with Gasteiger partial charge < -0.3 is 13.9 Å². The van der Waals surface area contributed by atoms with Crippen molar-refractivity contribution in [3.8, 4) is 0 Å². The minimum absolute atomic E-state index is 0.0609. The van der Waals surface area contributed by atoms with Crippen molar-refractivity contribution in [3.63, 3.8) is 0 Å². The van der Waals surface area contributed by atoms with Gasteiger partial charge in [-0.15, -0.1) is 22.7 Å². The molecule has 0 amide bonds. The molecule has 0 fully saturated rings. The first-order valence-electron chi connectivity index (χ1n) is 9.31. The third kappa shape index (κ3) is 4.22. The van der Waals surface area contributed by atoms with Gasteiger partial charge in [0.25, 0.3) is 0 Å². The maximum absolute atomic E-state index is 13.0. The van der Waals surface area contributed by atoms with Gasteiger partial charge in [0.15, 0.2) is 0 Å². The maximum atomic E-state index is 13.0. The number of hydrogen-bond donors (Lipinski definition) is 0. The number of fused-ring (bicyclic) bond motifs is 1. The molecule has 0 spiro atoms. The number of rotatable bonds is 7. The van der Waals surface area contributed by atoms with Crippen molar-refractivity contribution in [2.24, 2.45) is 0 Å². The highest BCUT2D eigenvalue weighted by molar-refractivity contribution is 7.12. The quantitative estimate of drug-likeness (QED) is 0.261. The second kappa shape index (κ2) is 9.11. The van der Waals surface area contributed by atoms with E-state index < -0.39 is 11.9 Å². The van der Waals surface area contributed by atoms with Crippen molar-refractivity contribution in [1.82, 2.24) is 0 Å². The van der Waals surface area contributed by atoms with Crippen LogP contribution >= 0.6 is 22.7 Å². The van der Waals surface area contributed by atoms with Crippen molar-refractivity contribution in [3.05, 3.63) is 80.4 Å². The first-order valence-corrected chi connectivity index (χ1v) is 11.1. The van der Waals surface area contributed by atoms with Gasteiger partial charge >= 0.3 is 11.9 Å². The highest BCUT2D eigenvalue weighted by Crippen LogP contribution is 2.30. The zero-order valence-corrected chi connectivity index (χ0v) is 17.8. The molecule has 0 saturated heterocycles. The van der Waals surface area contributed by atoms with Gasteiger partial charge in [-0.05, 0) is 42.0 Å². The molecule has 0 aliphatic carbocycles. The normalized spacial score (nSPS) is 11.6. The molecule has 4 aromatic rings. The van der Waals surface area contributed by atoms with E-state index in [-0.39, 0.29) is 19.0 Å². The Morgan fingerprint density at radius 3 is 2.53 bits per heavy atom.